The second-order valence-electron chi connectivity index (χ2n) is 6.59. The molecule has 0 unspecified atom stereocenters. The molecule has 0 bridgehead atoms. The summed E-state index contributed by atoms with van der Waals surface area (Å²) < 4.78 is 15.4. The molecule has 3 N–H and O–H groups in total. The van der Waals surface area contributed by atoms with Crippen molar-refractivity contribution in [3.05, 3.63) is 35.5 Å². The van der Waals surface area contributed by atoms with Crippen LogP contribution in [0, 0.1) is 0 Å². The Morgan fingerprint density at radius 3 is 2.75 bits per heavy atom. The van der Waals surface area contributed by atoms with Gasteiger partial charge in [-0.1, -0.05) is 0 Å². The van der Waals surface area contributed by atoms with Gasteiger partial charge >= 0.3 is 11.9 Å². The topological polar surface area (TPSA) is 92.4 Å². The number of morpholine rings is 1. The fourth-order valence-corrected chi connectivity index (χ4v) is 3.32. The number of hydrogen-bond acceptors (Lipinski definition) is 6. The number of carbonyl (C=O) groups excluding carboxylic acids is 2. The van der Waals surface area contributed by atoms with Crippen molar-refractivity contribution < 1.29 is 33.7 Å². The molecule has 3 rings (SSSR count). The lowest BCUT2D eigenvalue weighted by molar-refractivity contribution is -0.906. The number of pyridine rings is 1. The SMILES string of the molecule is CCOC(=O)c1c[nH+]c2ccc(C(=O)OC)cc2c1NCC[NH+]1CCOCC1. The van der Waals surface area contributed by atoms with Gasteiger partial charge in [-0.2, -0.15) is 0 Å². The number of nitrogens with one attached hydrogen (secondary N) is 3. The number of quaternary nitrogens is 1. The number of hydrogen-bond donors (Lipinski definition) is 2. The summed E-state index contributed by atoms with van der Waals surface area (Å²) in [6, 6.07) is 5.22. The van der Waals surface area contributed by atoms with Gasteiger partial charge in [-0.15, -0.1) is 0 Å². The first-order chi connectivity index (χ1) is 13.6. The summed E-state index contributed by atoms with van der Waals surface area (Å²) in [6.07, 6.45) is 1.64. The number of anilines is 1. The number of carbonyl (C=O) groups is 2. The molecule has 2 aromatic rings. The largest absolute Gasteiger partial charge is 0.465 e. The summed E-state index contributed by atoms with van der Waals surface area (Å²) in [4.78, 5) is 29.0. The highest BCUT2D eigenvalue weighted by Gasteiger charge is 2.22. The van der Waals surface area contributed by atoms with Crippen LogP contribution in [0.1, 0.15) is 27.6 Å². The minimum Gasteiger partial charge on any atom is -0.465 e. The molecule has 28 heavy (non-hydrogen) atoms. The molecular weight excluding hydrogens is 362 g/mol. The zero-order valence-corrected chi connectivity index (χ0v) is 16.3. The first kappa shape index (κ1) is 20.0. The van der Waals surface area contributed by atoms with Crippen LogP contribution in [0.3, 0.4) is 0 Å². The summed E-state index contributed by atoms with van der Waals surface area (Å²) in [7, 11) is 1.35. The van der Waals surface area contributed by atoms with Crippen molar-refractivity contribution in [2.75, 3.05) is 58.4 Å². The van der Waals surface area contributed by atoms with Gasteiger partial charge in [0.15, 0.2) is 6.20 Å². The third-order valence-corrected chi connectivity index (χ3v) is 4.83. The Balaban J connectivity index is 1.92. The molecule has 0 radical (unpaired) electrons. The van der Waals surface area contributed by atoms with Crippen LogP contribution in [-0.4, -0.2) is 65.0 Å². The van der Waals surface area contributed by atoms with E-state index in [9.17, 15) is 9.59 Å². The van der Waals surface area contributed by atoms with Crippen molar-refractivity contribution in [1.82, 2.24) is 0 Å². The number of aromatic nitrogens is 1. The quantitative estimate of drug-likeness (QED) is 0.645. The number of ether oxygens (including phenoxy) is 3. The zero-order chi connectivity index (χ0) is 19.9. The van der Waals surface area contributed by atoms with E-state index in [0.717, 1.165) is 43.8 Å². The molecule has 1 aliphatic heterocycles. The third-order valence-electron chi connectivity index (χ3n) is 4.83. The predicted molar refractivity (Wildman–Crippen MR) is 103 cm³/mol. The van der Waals surface area contributed by atoms with Gasteiger partial charge in [0.25, 0.3) is 0 Å². The maximum Gasteiger partial charge on any atom is 0.346 e. The number of rotatable bonds is 7. The second-order valence-corrected chi connectivity index (χ2v) is 6.59. The number of fused-ring (bicyclic) bond motifs is 1. The van der Waals surface area contributed by atoms with Crippen LogP contribution in [0.15, 0.2) is 24.4 Å². The number of esters is 2. The molecule has 0 spiro atoms. The maximum atomic E-state index is 12.5. The van der Waals surface area contributed by atoms with Gasteiger partial charge in [0.05, 0.1) is 56.7 Å². The van der Waals surface area contributed by atoms with E-state index in [1.165, 1.54) is 12.0 Å². The average Bonchev–Trinajstić information content (AvgIpc) is 2.73. The van der Waals surface area contributed by atoms with Crippen LogP contribution in [0.5, 0.6) is 0 Å². The summed E-state index contributed by atoms with van der Waals surface area (Å²) in [5.41, 5.74) is 2.30. The van der Waals surface area contributed by atoms with E-state index in [-0.39, 0.29) is 6.61 Å². The number of aromatic amines is 1. The molecule has 1 aliphatic rings. The highest BCUT2D eigenvalue weighted by Crippen LogP contribution is 2.26. The molecular formula is C20H27N3O5+2. The lowest BCUT2D eigenvalue weighted by atomic mass is 10.1. The van der Waals surface area contributed by atoms with Crippen molar-refractivity contribution in [2.24, 2.45) is 0 Å². The van der Waals surface area contributed by atoms with E-state index in [1.54, 1.807) is 31.3 Å². The van der Waals surface area contributed by atoms with Crippen LogP contribution in [0.4, 0.5) is 5.69 Å². The Bertz CT molecular complexity index is 849. The van der Waals surface area contributed by atoms with Crippen molar-refractivity contribution in [3.8, 4) is 0 Å². The summed E-state index contributed by atoms with van der Waals surface area (Å²) in [6.45, 7) is 7.14. The average molecular weight is 389 g/mol. The van der Waals surface area contributed by atoms with E-state index < -0.39 is 11.9 Å². The lowest BCUT2D eigenvalue weighted by Crippen LogP contribution is -3.14. The molecule has 0 saturated carbocycles. The Labute approximate surface area is 163 Å². The smallest absolute Gasteiger partial charge is 0.346 e. The molecule has 150 valence electrons. The first-order valence-electron chi connectivity index (χ1n) is 9.53. The Kier molecular flexibility index (Phi) is 6.78. The predicted octanol–water partition coefficient (Wildman–Crippen LogP) is -0.0558. The molecule has 1 saturated heterocycles. The zero-order valence-electron chi connectivity index (χ0n) is 16.3. The standard InChI is InChI=1S/C20H25N3O5/c1-3-28-20(25)16-13-22-17-5-4-14(19(24)26-2)12-15(17)18(16)21-6-7-23-8-10-27-11-9-23/h4-5,12-13H,3,6-11H2,1-2H3,(H,21,22)/p+2. The van der Waals surface area contributed by atoms with Crippen molar-refractivity contribution >= 4 is 28.5 Å². The van der Waals surface area contributed by atoms with Crippen LogP contribution in [-0.2, 0) is 14.2 Å². The first-order valence-corrected chi connectivity index (χ1v) is 9.53. The second kappa shape index (κ2) is 9.48. The minimum absolute atomic E-state index is 0.288. The van der Waals surface area contributed by atoms with Crippen molar-refractivity contribution in [3.63, 3.8) is 0 Å². The molecule has 1 aromatic heterocycles. The molecule has 8 heteroatoms. The normalized spacial score (nSPS) is 14.6. The van der Waals surface area contributed by atoms with Gasteiger partial charge in [0.2, 0.25) is 5.52 Å². The van der Waals surface area contributed by atoms with E-state index in [2.05, 4.69) is 10.3 Å². The van der Waals surface area contributed by atoms with Crippen molar-refractivity contribution in [2.45, 2.75) is 6.92 Å². The molecule has 1 fully saturated rings. The number of H-pyrrole nitrogens is 1. The van der Waals surface area contributed by atoms with Crippen LogP contribution in [0.25, 0.3) is 10.9 Å². The molecule has 1 aromatic carbocycles. The van der Waals surface area contributed by atoms with E-state index in [4.69, 9.17) is 14.2 Å². The van der Waals surface area contributed by atoms with Gasteiger partial charge in [-0.05, 0) is 19.1 Å². The van der Waals surface area contributed by atoms with Crippen LogP contribution >= 0.6 is 0 Å². The Morgan fingerprint density at radius 2 is 2.04 bits per heavy atom. The highest BCUT2D eigenvalue weighted by atomic mass is 16.5. The highest BCUT2D eigenvalue weighted by molar-refractivity contribution is 6.05. The minimum atomic E-state index is -0.424. The van der Waals surface area contributed by atoms with E-state index in [1.807, 2.05) is 0 Å². The lowest BCUT2D eigenvalue weighted by Gasteiger charge is -2.24. The molecule has 0 amide bonds. The summed E-state index contributed by atoms with van der Waals surface area (Å²) in [5.74, 6) is -0.836. The summed E-state index contributed by atoms with van der Waals surface area (Å²) in [5, 5.41) is 4.13. The number of methoxy groups -OCH3 is 1. The monoisotopic (exact) mass is 389 g/mol. The van der Waals surface area contributed by atoms with Gasteiger partial charge in [0, 0.05) is 6.07 Å². The molecule has 0 aliphatic carbocycles. The fourth-order valence-electron chi connectivity index (χ4n) is 3.32. The molecule has 8 nitrogen and oxygen atoms in total. The fraction of sp³-hybridized carbons (Fsp3) is 0.450. The Hall–Kier alpha value is -2.71. The molecule has 0 atom stereocenters. The van der Waals surface area contributed by atoms with Gasteiger partial charge in [-0.3, -0.25) is 0 Å². The summed E-state index contributed by atoms with van der Waals surface area (Å²) >= 11 is 0. The van der Waals surface area contributed by atoms with E-state index in [0.29, 0.717) is 23.4 Å². The van der Waals surface area contributed by atoms with Crippen LogP contribution < -0.4 is 15.2 Å². The Morgan fingerprint density at radius 1 is 1.25 bits per heavy atom. The maximum absolute atomic E-state index is 12.5. The van der Waals surface area contributed by atoms with Gasteiger partial charge in [0.1, 0.15) is 18.7 Å². The van der Waals surface area contributed by atoms with Crippen molar-refractivity contribution in [1.29, 1.82) is 0 Å². The number of benzene rings is 1. The van der Waals surface area contributed by atoms with Gasteiger partial charge in [-0.25, -0.2) is 14.6 Å². The van der Waals surface area contributed by atoms with E-state index >= 15 is 0 Å². The third kappa shape index (κ3) is 4.58. The van der Waals surface area contributed by atoms with Gasteiger partial charge < -0.3 is 24.4 Å². The molecule has 2 heterocycles. The van der Waals surface area contributed by atoms with Crippen LogP contribution in [0.2, 0.25) is 0 Å².